The van der Waals surface area contributed by atoms with Crippen LogP contribution in [0.3, 0.4) is 0 Å². The minimum absolute atomic E-state index is 0.510. The molecule has 0 aliphatic carbocycles. The predicted molar refractivity (Wildman–Crippen MR) is 94.8 cm³/mol. The second-order valence-electron chi connectivity index (χ2n) is 6.50. The van der Waals surface area contributed by atoms with Crippen LogP contribution in [0.1, 0.15) is 50.4 Å². The van der Waals surface area contributed by atoms with Gasteiger partial charge in [-0.15, -0.1) is 0 Å². The van der Waals surface area contributed by atoms with Gasteiger partial charge >= 0.3 is 0 Å². The van der Waals surface area contributed by atoms with Gasteiger partial charge in [-0.3, -0.25) is 0 Å². The molecule has 1 atom stereocenters. The average Bonchev–Trinajstić information content (AvgIpc) is 3.09. The summed E-state index contributed by atoms with van der Waals surface area (Å²) in [7, 11) is 1.69. The van der Waals surface area contributed by atoms with E-state index in [1.165, 1.54) is 18.4 Å². The van der Waals surface area contributed by atoms with Crippen LogP contribution in [0, 0.1) is 5.92 Å². The largest absolute Gasteiger partial charge is 0.497 e. The van der Waals surface area contributed by atoms with Gasteiger partial charge < -0.3 is 14.5 Å². The lowest BCUT2D eigenvalue weighted by atomic mass is 9.93. The smallest absolute Gasteiger partial charge is 0.118 e. The summed E-state index contributed by atoms with van der Waals surface area (Å²) in [5.74, 6) is 3.27. The zero-order valence-corrected chi connectivity index (χ0v) is 14.5. The van der Waals surface area contributed by atoms with Gasteiger partial charge in [0.05, 0.1) is 13.4 Å². The molecule has 3 nitrogen and oxygen atoms in total. The van der Waals surface area contributed by atoms with Gasteiger partial charge in [0.15, 0.2) is 0 Å². The van der Waals surface area contributed by atoms with E-state index in [0.29, 0.717) is 5.92 Å². The average molecular weight is 315 g/mol. The van der Waals surface area contributed by atoms with Gasteiger partial charge in [-0.2, -0.15) is 0 Å². The highest BCUT2D eigenvalue weighted by molar-refractivity contribution is 5.26. The molecule has 0 aliphatic rings. The molecule has 0 aliphatic heterocycles. The molecule has 0 saturated carbocycles. The van der Waals surface area contributed by atoms with Crippen molar-refractivity contribution in [1.82, 2.24) is 5.32 Å². The second-order valence-corrected chi connectivity index (χ2v) is 6.50. The molecule has 2 rings (SSSR count). The van der Waals surface area contributed by atoms with Crippen LogP contribution in [0.4, 0.5) is 0 Å². The van der Waals surface area contributed by atoms with E-state index in [4.69, 9.17) is 9.15 Å². The van der Waals surface area contributed by atoms with Crippen molar-refractivity contribution in [3.63, 3.8) is 0 Å². The van der Waals surface area contributed by atoms with Crippen LogP contribution in [0.5, 0.6) is 5.75 Å². The van der Waals surface area contributed by atoms with Crippen molar-refractivity contribution in [3.8, 4) is 5.75 Å². The normalized spacial score (nSPS) is 12.5. The van der Waals surface area contributed by atoms with Gasteiger partial charge in [0, 0.05) is 12.5 Å². The molecule has 0 spiro atoms. The number of furan rings is 1. The Morgan fingerprint density at radius 1 is 1.04 bits per heavy atom. The van der Waals surface area contributed by atoms with Crippen molar-refractivity contribution in [2.45, 2.75) is 45.6 Å². The zero-order chi connectivity index (χ0) is 16.5. The molecule has 0 fully saturated rings. The summed E-state index contributed by atoms with van der Waals surface area (Å²) in [6.07, 6.45) is 5.32. The summed E-state index contributed by atoms with van der Waals surface area (Å²) in [6, 6.07) is 12.3. The fourth-order valence-corrected chi connectivity index (χ4v) is 2.74. The first kappa shape index (κ1) is 17.6. The fourth-order valence-electron chi connectivity index (χ4n) is 2.74. The van der Waals surface area contributed by atoms with E-state index in [1.54, 1.807) is 13.4 Å². The lowest BCUT2D eigenvalue weighted by Crippen LogP contribution is -2.17. The molecule has 1 N–H and O–H groups in total. The molecule has 0 radical (unpaired) electrons. The summed E-state index contributed by atoms with van der Waals surface area (Å²) in [5.41, 5.74) is 1.28. The highest BCUT2D eigenvalue weighted by Crippen LogP contribution is 2.26. The van der Waals surface area contributed by atoms with Crippen molar-refractivity contribution in [2.24, 2.45) is 5.92 Å². The van der Waals surface area contributed by atoms with Crippen LogP contribution in [-0.4, -0.2) is 13.7 Å². The third-order valence-electron chi connectivity index (χ3n) is 4.20. The molecule has 2 aromatic rings. The van der Waals surface area contributed by atoms with E-state index in [9.17, 15) is 0 Å². The number of hydrogen-bond donors (Lipinski definition) is 1. The first-order valence-corrected chi connectivity index (χ1v) is 8.56. The lowest BCUT2D eigenvalue weighted by molar-refractivity contribution is 0.397. The Labute approximate surface area is 140 Å². The lowest BCUT2D eigenvalue weighted by Gasteiger charge is -2.16. The Balaban J connectivity index is 1.76. The number of ether oxygens (including phenoxy) is 1. The van der Waals surface area contributed by atoms with Crippen molar-refractivity contribution < 1.29 is 9.15 Å². The minimum atomic E-state index is 0.510. The van der Waals surface area contributed by atoms with E-state index >= 15 is 0 Å². The first-order valence-electron chi connectivity index (χ1n) is 8.56. The maximum absolute atomic E-state index is 5.63. The van der Waals surface area contributed by atoms with Crippen LogP contribution in [0.25, 0.3) is 0 Å². The van der Waals surface area contributed by atoms with Crippen LogP contribution in [0.2, 0.25) is 0 Å². The molecule has 0 bridgehead atoms. The number of hydrogen-bond acceptors (Lipinski definition) is 3. The van der Waals surface area contributed by atoms with Crippen LogP contribution < -0.4 is 10.1 Å². The molecule has 0 saturated heterocycles. The Bertz CT molecular complexity index is 531. The van der Waals surface area contributed by atoms with Gasteiger partial charge in [-0.1, -0.05) is 32.4 Å². The standard InChI is InChI=1S/C20H29NO2/c1-16(2)6-9-18(20-5-4-14-23-20)12-13-21-15-17-7-10-19(22-3)11-8-17/h4-5,7-8,10-11,14,16,18,21H,6,9,12-13,15H2,1-3H3/t18-/m0/s1. The highest BCUT2D eigenvalue weighted by Gasteiger charge is 2.14. The zero-order valence-electron chi connectivity index (χ0n) is 14.5. The molecule has 0 amide bonds. The maximum Gasteiger partial charge on any atom is 0.118 e. The van der Waals surface area contributed by atoms with Crippen molar-refractivity contribution in [3.05, 3.63) is 54.0 Å². The highest BCUT2D eigenvalue weighted by atomic mass is 16.5. The monoisotopic (exact) mass is 315 g/mol. The van der Waals surface area contributed by atoms with Crippen molar-refractivity contribution in [2.75, 3.05) is 13.7 Å². The van der Waals surface area contributed by atoms with E-state index in [1.807, 2.05) is 18.2 Å². The molecule has 0 unspecified atom stereocenters. The predicted octanol–water partition coefficient (Wildman–Crippen LogP) is 4.99. The topological polar surface area (TPSA) is 34.4 Å². The molecule has 23 heavy (non-hydrogen) atoms. The molecular formula is C20H29NO2. The van der Waals surface area contributed by atoms with Crippen molar-refractivity contribution in [1.29, 1.82) is 0 Å². The van der Waals surface area contributed by atoms with Crippen LogP contribution in [-0.2, 0) is 6.54 Å². The summed E-state index contributed by atoms with van der Waals surface area (Å²) >= 11 is 0. The van der Waals surface area contributed by atoms with Gasteiger partial charge in [0.2, 0.25) is 0 Å². The Kier molecular flexibility index (Phi) is 7.21. The summed E-state index contributed by atoms with van der Waals surface area (Å²) in [5, 5.41) is 3.54. The fraction of sp³-hybridized carbons (Fsp3) is 0.500. The molecule has 1 heterocycles. The van der Waals surface area contributed by atoms with Crippen LogP contribution in [0.15, 0.2) is 47.1 Å². The molecular weight excluding hydrogens is 286 g/mol. The van der Waals surface area contributed by atoms with Gasteiger partial charge in [-0.05, 0) is 55.1 Å². The maximum atomic E-state index is 5.63. The first-order chi connectivity index (χ1) is 11.2. The van der Waals surface area contributed by atoms with Crippen molar-refractivity contribution >= 4 is 0 Å². The minimum Gasteiger partial charge on any atom is -0.497 e. The van der Waals surface area contributed by atoms with E-state index in [0.717, 1.165) is 36.9 Å². The van der Waals surface area contributed by atoms with E-state index in [2.05, 4.69) is 37.4 Å². The Hall–Kier alpha value is -1.74. The summed E-state index contributed by atoms with van der Waals surface area (Å²) in [4.78, 5) is 0. The molecule has 3 heteroatoms. The summed E-state index contributed by atoms with van der Waals surface area (Å²) < 4.78 is 10.8. The van der Waals surface area contributed by atoms with Gasteiger partial charge in [0.25, 0.3) is 0 Å². The molecule has 1 aromatic heterocycles. The van der Waals surface area contributed by atoms with Gasteiger partial charge in [-0.25, -0.2) is 0 Å². The van der Waals surface area contributed by atoms with Gasteiger partial charge in [0.1, 0.15) is 11.5 Å². The van der Waals surface area contributed by atoms with E-state index in [-0.39, 0.29) is 0 Å². The quantitative estimate of drug-likeness (QED) is 0.627. The third kappa shape index (κ3) is 6.11. The Morgan fingerprint density at radius 2 is 1.83 bits per heavy atom. The molecule has 126 valence electrons. The van der Waals surface area contributed by atoms with Crippen LogP contribution >= 0.6 is 0 Å². The third-order valence-corrected chi connectivity index (χ3v) is 4.20. The van der Waals surface area contributed by atoms with E-state index < -0.39 is 0 Å². The SMILES string of the molecule is COc1ccc(CNCC[C@H](CCC(C)C)c2ccco2)cc1. The number of methoxy groups -OCH3 is 1. The Morgan fingerprint density at radius 3 is 2.43 bits per heavy atom. The second kappa shape index (κ2) is 9.41. The number of rotatable bonds is 10. The number of nitrogens with one attached hydrogen (secondary N) is 1. The summed E-state index contributed by atoms with van der Waals surface area (Å²) in [6.45, 7) is 6.44. The number of benzene rings is 1. The molecule has 1 aromatic carbocycles.